The Morgan fingerprint density at radius 3 is 2.68 bits per heavy atom. The molecule has 2 aliphatic heterocycles. The first-order valence-electron chi connectivity index (χ1n) is 11.4. The van der Waals surface area contributed by atoms with E-state index in [4.69, 9.17) is 9.26 Å². The number of aromatic nitrogens is 1. The van der Waals surface area contributed by atoms with Crippen LogP contribution in [0.4, 0.5) is 4.39 Å². The molecule has 5 nitrogen and oxygen atoms in total. The van der Waals surface area contributed by atoms with Crippen LogP contribution in [0.25, 0.3) is 0 Å². The molecule has 1 aromatic heterocycles. The van der Waals surface area contributed by atoms with E-state index in [1.165, 1.54) is 12.1 Å². The van der Waals surface area contributed by atoms with Crippen molar-refractivity contribution in [3.05, 3.63) is 52.7 Å². The van der Waals surface area contributed by atoms with Crippen molar-refractivity contribution < 1.29 is 18.4 Å². The minimum atomic E-state index is -0.235. The summed E-state index contributed by atoms with van der Waals surface area (Å²) in [6.07, 6.45) is 3.95. The predicted octanol–water partition coefficient (Wildman–Crippen LogP) is 5.16. The van der Waals surface area contributed by atoms with Gasteiger partial charge in [0.05, 0.1) is 23.9 Å². The molecule has 1 aromatic carbocycles. The molecule has 4 rings (SSSR count). The van der Waals surface area contributed by atoms with Crippen molar-refractivity contribution in [1.29, 1.82) is 0 Å². The van der Waals surface area contributed by atoms with Gasteiger partial charge >= 0.3 is 0 Å². The van der Waals surface area contributed by atoms with Crippen molar-refractivity contribution in [3.63, 3.8) is 0 Å². The first-order chi connectivity index (χ1) is 14.8. The maximum absolute atomic E-state index is 13.4. The van der Waals surface area contributed by atoms with Crippen molar-refractivity contribution in [2.75, 3.05) is 13.2 Å². The Kier molecular flexibility index (Phi) is 6.20. The van der Waals surface area contributed by atoms with Gasteiger partial charge in [-0.15, -0.1) is 0 Å². The van der Waals surface area contributed by atoms with Gasteiger partial charge in [0, 0.05) is 18.5 Å². The molecule has 0 saturated carbocycles. The molecule has 31 heavy (non-hydrogen) atoms. The van der Waals surface area contributed by atoms with Crippen LogP contribution in [0, 0.1) is 31.5 Å². The van der Waals surface area contributed by atoms with Gasteiger partial charge < -0.3 is 14.2 Å². The lowest BCUT2D eigenvalue weighted by Crippen LogP contribution is -2.55. The Hall–Kier alpha value is -2.21. The first kappa shape index (κ1) is 22.0. The quantitative estimate of drug-likeness (QED) is 0.660. The van der Waals surface area contributed by atoms with E-state index in [9.17, 15) is 9.18 Å². The lowest BCUT2D eigenvalue weighted by atomic mass is 9.73. The molecular formula is C25H33FN2O3. The van der Waals surface area contributed by atoms with Crippen LogP contribution in [0.2, 0.25) is 0 Å². The normalized spacial score (nSPS) is 26.2. The molecule has 2 saturated heterocycles. The summed E-state index contributed by atoms with van der Waals surface area (Å²) in [5.74, 6) is 1.42. The van der Waals surface area contributed by atoms with Crippen molar-refractivity contribution in [2.45, 2.75) is 71.4 Å². The van der Waals surface area contributed by atoms with E-state index in [-0.39, 0.29) is 29.3 Å². The number of likely N-dealkylation sites (tertiary alicyclic amines) is 1. The SMILES string of the molecule is Cc1noc(C)c1CCC(=O)N1CCC[C@]12CO[C@@H](c1ccc(F)cc1)[C@H](C(C)C)C2. The molecule has 168 valence electrons. The number of halogens is 1. The van der Waals surface area contributed by atoms with Crippen LogP contribution in [0.5, 0.6) is 0 Å². The second-order valence-corrected chi connectivity index (χ2v) is 9.57. The van der Waals surface area contributed by atoms with Crippen molar-refractivity contribution >= 4 is 5.91 Å². The topological polar surface area (TPSA) is 55.6 Å². The number of hydrogen-bond donors (Lipinski definition) is 0. The van der Waals surface area contributed by atoms with E-state index in [0.29, 0.717) is 25.4 Å². The van der Waals surface area contributed by atoms with Gasteiger partial charge in [-0.25, -0.2) is 4.39 Å². The molecule has 6 heteroatoms. The van der Waals surface area contributed by atoms with Crippen molar-refractivity contribution in [2.24, 2.45) is 11.8 Å². The highest BCUT2D eigenvalue weighted by molar-refractivity contribution is 5.78. The number of aryl methyl sites for hydroxylation is 2. The number of nitrogens with zero attached hydrogens (tertiary/aromatic N) is 2. The van der Waals surface area contributed by atoms with Crippen LogP contribution < -0.4 is 0 Å². The van der Waals surface area contributed by atoms with Gasteiger partial charge in [0.1, 0.15) is 11.6 Å². The third-order valence-electron chi connectivity index (χ3n) is 7.26. The molecule has 1 amide bonds. The number of carbonyl (C=O) groups is 1. The number of ether oxygens (including phenoxy) is 1. The molecule has 1 spiro atoms. The van der Waals surface area contributed by atoms with Crippen LogP contribution in [-0.4, -0.2) is 34.7 Å². The number of hydrogen-bond acceptors (Lipinski definition) is 4. The lowest BCUT2D eigenvalue weighted by molar-refractivity contribution is -0.153. The first-order valence-corrected chi connectivity index (χ1v) is 11.4. The van der Waals surface area contributed by atoms with E-state index in [1.807, 2.05) is 26.0 Å². The zero-order valence-corrected chi connectivity index (χ0v) is 19.0. The number of amides is 1. The van der Waals surface area contributed by atoms with Crippen LogP contribution >= 0.6 is 0 Å². The second-order valence-electron chi connectivity index (χ2n) is 9.57. The predicted molar refractivity (Wildman–Crippen MR) is 116 cm³/mol. The fraction of sp³-hybridized carbons (Fsp3) is 0.600. The zero-order valence-electron chi connectivity index (χ0n) is 19.0. The Morgan fingerprint density at radius 2 is 2.03 bits per heavy atom. The summed E-state index contributed by atoms with van der Waals surface area (Å²) in [5, 5.41) is 4.00. The maximum Gasteiger partial charge on any atom is 0.223 e. The van der Waals surface area contributed by atoms with Gasteiger partial charge in [-0.3, -0.25) is 4.79 Å². The molecule has 0 bridgehead atoms. The summed E-state index contributed by atoms with van der Waals surface area (Å²) in [7, 11) is 0. The minimum Gasteiger partial charge on any atom is -0.371 e. The third-order valence-corrected chi connectivity index (χ3v) is 7.26. The van der Waals surface area contributed by atoms with E-state index in [0.717, 1.165) is 48.4 Å². The molecule has 2 aromatic rings. The van der Waals surface area contributed by atoms with Crippen LogP contribution in [0.15, 0.2) is 28.8 Å². The average Bonchev–Trinajstić information content (AvgIpc) is 3.30. The molecular weight excluding hydrogens is 395 g/mol. The highest BCUT2D eigenvalue weighted by Crippen LogP contribution is 2.47. The monoisotopic (exact) mass is 428 g/mol. The van der Waals surface area contributed by atoms with Gasteiger partial charge in [0.15, 0.2) is 0 Å². The summed E-state index contributed by atoms with van der Waals surface area (Å²) in [6, 6.07) is 6.66. The minimum absolute atomic E-state index is 0.0638. The second kappa shape index (κ2) is 8.73. The van der Waals surface area contributed by atoms with Gasteiger partial charge in [0.2, 0.25) is 5.91 Å². The smallest absolute Gasteiger partial charge is 0.223 e. The zero-order chi connectivity index (χ0) is 22.2. The average molecular weight is 429 g/mol. The third kappa shape index (κ3) is 4.27. The molecule has 0 unspecified atom stereocenters. The number of rotatable bonds is 5. The van der Waals surface area contributed by atoms with Gasteiger partial charge in [-0.2, -0.15) is 0 Å². The van der Waals surface area contributed by atoms with Crippen molar-refractivity contribution in [1.82, 2.24) is 10.1 Å². The number of carbonyl (C=O) groups excluding carboxylic acids is 1. The Bertz CT molecular complexity index is 904. The van der Waals surface area contributed by atoms with Crippen LogP contribution in [0.1, 0.15) is 68.2 Å². The number of benzene rings is 1. The van der Waals surface area contributed by atoms with E-state index in [2.05, 4.69) is 23.9 Å². The summed E-state index contributed by atoms with van der Waals surface area (Å²) in [6.45, 7) is 9.57. The fourth-order valence-corrected chi connectivity index (χ4v) is 5.47. The van der Waals surface area contributed by atoms with E-state index < -0.39 is 0 Å². The molecule has 0 aliphatic carbocycles. The summed E-state index contributed by atoms with van der Waals surface area (Å²) >= 11 is 0. The van der Waals surface area contributed by atoms with Crippen LogP contribution in [-0.2, 0) is 16.0 Å². The standard InChI is InChI=1S/C25H33FN2O3/c1-16(2)22-14-25(15-30-24(22)19-6-8-20(26)9-7-19)12-5-13-28(25)23(29)11-10-21-17(3)27-31-18(21)4/h6-9,16,22,24H,5,10-15H2,1-4H3/t22-,24-,25-/m0/s1. The lowest BCUT2D eigenvalue weighted by Gasteiger charge is -2.48. The maximum atomic E-state index is 13.4. The van der Waals surface area contributed by atoms with E-state index >= 15 is 0 Å². The molecule has 0 radical (unpaired) electrons. The Balaban J connectivity index is 1.49. The Morgan fingerprint density at radius 1 is 1.29 bits per heavy atom. The van der Waals surface area contributed by atoms with Gasteiger partial charge in [-0.1, -0.05) is 31.1 Å². The van der Waals surface area contributed by atoms with E-state index in [1.54, 1.807) is 0 Å². The van der Waals surface area contributed by atoms with Gasteiger partial charge in [0.25, 0.3) is 0 Å². The molecule has 2 aliphatic rings. The molecule has 2 fully saturated rings. The molecule has 3 atom stereocenters. The largest absolute Gasteiger partial charge is 0.371 e. The summed E-state index contributed by atoms with van der Waals surface area (Å²) in [4.78, 5) is 15.4. The molecule has 3 heterocycles. The van der Waals surface area contributed by atoms with Crippen LogP contribution in [0.3, 0.4) is 0 Å². The fourth-order valence-electron chi connectivity index (χ4n) is 5.47. The summed E-state index contributed by atoms with van der Waals surface area (Å²) < 4.78 is 25.1. The summed E-state index contributed by atoms with van der Waals surface area (Å²) in [5.41, 5.74) is 2.69. The molecule has 0 N–H and O–H groups in total. The van der Waals surface area contributed by atoms with Crippen molar-refractivity contribution in [3.8, 4) is 0 Å². The highest BCUT2D eigenvalue weighted by Gasteiger charge is 2.50. The van der Waals surface area contributed by atoms with Gasteiger partial charge in [-0.05, 0) is 69.1 Å². The Labute approximate surface area is 183 Å². The highest BCUT2D eigenvalue weighted by atomic mass is 19.1.